The highest BCUT2D eigenvalue weighted by Gasteiger charge is 2.17. The fourth-order valence-electron chi connectivity index (χ4n) is 2.44. The number of thioether (sulfide) groups is 1. The minimum Gasteiger partial charge on any atom is -0.496 e. The molecule has 0 unspecified atom stereocenters. The quantitative estimate of drug-likeness (QED) is 0.516. The summed E-state index contributed by atoms with van der Waals surface area (Å²) in [6, 6.07) is 10.1. The zero-order valence-electron chi connectivity index (χ0n) is 14.9. The van der Waals surface area contributed by atoms with Gasteiger partial charge in [-0.05, 0) is 36.4 Å². The molecule has 2 aromatic carbocycles. The van der Waals surface area contributed by atoms with E-state index in [9.17, 15) is 4.79 Å². The van der Waals surface area contributed by atoms with E-state index in [0.717, 1.165) is 0 Å². The zero-order chi connectivity index (χ0) is 20.3. The lowest BCUT2D eigenvalue weighted by Gasteiger charge is -2.09. The van der Waals surface area contributed by atoms with Crippen LogP contribution in [0.1, 0.15) is 0 Å². The highest BCUT2D eigenvalue weighted by Crippen LogP contribution is 2.33. The van der Waals surface area contributed by atoms with Crippen molar-refractivity contribution in [1.29, 1.82) is 0 Å². The molecule has 10 heteroatoms. The summed E-state index contributed by atoms with van der Waals surface area (Å²) in [5.74, 6) is 1.10. The van der Waals surface area contributed by atoms with Crippen LogP contribution in [0.2, 0.25) is 15.1 Å². The summed E-state index contributed by atoms with van der Waals surface area (Å²) in [7, 11) is 3.38. The number of anilines is 1. The number of benzene rings is 2. The molecule has 1 amide bonds. The van der Waals surface area contributed by atoms with E-state index in [2.05, 4.69) is 15.5 Å². The van der Waals surface area contributed by atoms with Gasteiger partial charge in [-0.2, -0.15) is 0 Å². The summed E-state index contributed by atoms with van der Waals surface area (Å²) in [6.07, 6.45) is 0. The first-order valence-electron chi connectivity index (χ1n) is 8.00. The fourth-order valence-corrected chi connectivity index (χ4v) is 3.66. The Kier molecular flexibility index (Phi) is 6.72. The number of nitrogens with one attached hydrogen (secondary N) is 1. The van der Waals surface area contributed by atoms with Crippen LogP contribution in [0.25, 0.3) is 11.4 Å². The number of halogens is 3. The van der Waals surface area contributed by atoms with E-state index in [1.165, 1.54) is 11.8 Å². The van der Waals surface area contributed by atoms with Gasteiger partial charge in [0.2, 0.25) is 5.91 Å². The van der Waals surface area contributed by atoms with Gasteiger partial charge in [0.05, 0.1) is 29.1 Å². The van der Waals surface area contributed by atoms with Crippen molar-refractivity contribution in [2.24, 2.45) is 7.05 Å². The molecule has 0 spiro atoms. The van der Waals surface area contributed by atoms with Crippen LogP contribution in [-0.2, 0) is 11.8 Å². The van der Waals surface area contributed by atoms with Crippen LogP contribution in [0.15, 0.2) is 41.6 Å². The third-order valence-electron chi connectivity index (χ3n) is 3.77. The molecule has 1 aromatic heterocycles. The van der Waals surface area contributed by atoms with Crippen molar-refractivity contribution < 1.29 is 9.53 Å². The minimum atomic E-state index is -0.237. The standard InChI is InChI=1S/C18H15Cl3N4O2S/c1-25-17(12-7-10(19)4-6-15(12)27-2)23-24-18(25)28-9-16(26)22-14-8-11(20)3-5-13(14)21/h3-8H,9H2,1-2H3,(H,22,26). The summed E-state index contributed by atoms with van der Waals surface area (Å²) in [4.78, 5) is 12.3. The number of nitrogens with zero attached hydrogens (tertiary/aromatic N) is 3. The molecule has 0 aliphatic rings. The molecule has 0 radical (unpaired) electrons. The SMILES string of the molecule is COc1ccc(Cl)cc1-c1nnc(SCC(=O)Nc2cc(Cl)ccc2Cl)n1C. The lowest BCUT2D eigenvalue weighted by atomic mass is 10.2. The van der Waals surface area contributed by atoms with E-state index in [4.69, 9.17) is 39.5 Å². The number of carbonyl (C=O) groups excluding carboxylic acids is 1. The molecule has 0 aliphatic carbocycles. The van der Waals surface area contributed by atoms with Crippen LogP contribution >= 0.6 is 46.6 Å². The molecule has 0 saturated carbocycles. The largest absolute Gasteiger partial charge is 0.496 e. The van der Waals surface area contributed by atoms with E-state index < -0.39 is 0 Å². The number of aromatic nitrogens is 3. The smallest absolute Gasteiger partial charge is 0.234 e. The second kappa shape index (κ2) is 9.05. The van der Waals surface area contributed by atoms with E-state index in [1.807, 2.05) is 7.05 Å². The predicted molar refractivity (Wildman–Crippen MR) is 114 cm³/mol. The monoisotopic (exact) mass is 456 g/mol. The molecule has 0 atom stereocenters. The van der Waals surface area contributed by atoms with Crippen molar-refractivity contribution in [1.82, 2.24) is 14.8 Å². The molecule has 6 nitrogen and oxygen atoms in total. The molecule has 0 bridgehead atoms. The Balaban J connectivity index is 1.72. The van der Waals surface area contributed by atoms with Crippen molar-refractivity contribution in [2.45, 2.75) is 5.16 Å². The Labute approximate surface area is 181 Å². The van der Waals surface area contributed by atoms with Crippen molar-refractivity contribution >= 4 is 58.2 Å². The van der Waals surface area contributed by atoms with E-state index in [1.54, 1.807) is 48.1 Å². The summed E-state index contributed by atoms with van der Waals surface area (Å²) < 4.78 is 7.15. The van der Waals surface area contributed by atoms with Gasteiger partial charge in [-0.1, -0.05) is 46.6 Å². The lowest BCUT2D eigenvalue weighted by molar-refractivity contribution is -0.113. The van der Waals surface area contributed by atoms with Gasteiger partial charge in [0.15, 0.2) is 11.0 Å². The molecule has 28 heavy (non-hydrogen) atoms. The topological polar surface area (TPSA) is 69.0 Å². The number of hydrogen-bond acceptors (Lipinski definition) is 5. The number of hydrogen-bond donors (Lipinski definition) is 1. The zero-order valence-corrected chi connectivity index (χ0v) is 18.0. The summed E-state index contributed by atoms with van der Waals surface area (Å²) in [6.45, 7) is 0. The number of rotatable bonds is 6. The third kappa shape index (κ3) is 4.72. The Morgan fingerprint density at radius 2 is 1.86 bits per heavy atom. The maximum absolute atomic E-state index is 12.3. The van der Waals surface area contributed by atoms with Crippen LogP contribution in [0, 0.1) is 0 Å². The van der Waals surface area contributed by atoms with Gasteiger partial charge in [-0.15, -0.1) is 10.2 Å². The molecule has 0 aliphatic heterocycles. The van der Waals surface area contributed by atoms with Gasteiger partial charge in [0.1, 0.15) is 5.75 Å². The maximum Gasteiger partial charge on any atom is 0.234 e. The van der Waals surface area contributed by atoms with Crippen LogP contribution in [0.5, 0.6) is 5.75 Å². The van der Waals surface area contributed by atoms with E-state index >= 15 is 0 Å². The summed E-state index contributed by atoms with van der Waals surface area (Å²) >= 11 is 19.3. The van der Waals surface area contributed by atoms with Gasteiger partial charge in [-0.3, -0.25) is 4.79 Å². The van der Waals surface area contributed by atoms with Gasteiger partial charge in [0.25, 0.3) is 0 Å². The Hall–Kier alpha value is -1.93. The fraction of sp³-hybridized carbons (Fsp3) is 0.167. The minimum absolute atomic E-state index is 0.126. The average Bonchev–Trinajstić information content (AvgIpc) is 3.03. The van der Waals surface area contributed by atoms with E-state index in [-0.39, 0.29) is 11.7 Å². The Bertz CT molecular complexity index is 1030. The maximum atomic E-state index is 12.3. The highest BCUT2D eigenvalue weighted by atomic mass is 35.5. The van der Waals surface area contributed by atoms with Crippen LogP contribution in [-0.4, -0.2) is 33.5 Å². The lowest BCUT2D eigenvalue weighted by Crippen LogP contribution is -2.14. The molecule has 146 valence electrons. The predicted octanol–water partition coefficient (Wildman–Crippen LogP) is 5.18. The van der Waals surface area contributed by atoms with Crippen molar-refractivity contribution in [3.8, 4) is 17.1 Å². The molecule has 0 fully saturated rings. The number of amides is 1. The molecule has 0 saturated heterocycles. The van der Waals surface area contributed by atoms with Gasteiger partial charge >= 0.3 is 0 Å². The van der Waals surface area contributed by atoms with Crippen molar-refractivity contribution in [3.63, 3.8) is 0 Å². The van der Waals surface area contributed by atoms with Crippen LogP contribution < -0.4 is 10.1 Å². The second-order valence-corrected chi connectivity index (χ2v) is 7.89. The molecular weight excluding hydrogens is 443 g/mol. The number of ether oxygens (including phenoxy) is 1. The first-order valence-corrected chi connectivity index (χ1v) is 10.1. The first-order chi connectivity index (χ1) is 13.4. The molecule has 3 rings (SSSR count). The van der Waals surface area contributed by atoms with Gasteiger partial charge in [-0.25, -0.2) is 0 Å². The van der Waals surface area contributed by atoms with Crippen molar-refractivity contribution in [3.05, 3.63) is 51.5 Å². The Morgan fingerprint density at radius 1 is 1.14 bits per heavy atom. The first kappa shape index (κ1) is 20.8. The van der Waals surface area contributed by atoms with Crippen LogP contribution in [0.3, 0.4) is 0 Å². The molecule has 1 heterocycles. The molecule has 1 N–H and O–H groups in total. The second-order valence-electron chi connectivity index (χ2n) is 5.67. The highest BCUT2D eigenvalue weighted by molar-refractivity contribution is 7.99. The normalized spacial score (nSPS) is 10.8. The molecular formula is C18H15Cl3N4O2S. The third-order valence-corrected chi connectivity index (χ3v) is 5.59. The average molecular weight is 458 g/mol. The summed E-state index contributed by atoms with van der Waals surface area (Å²) in [5.41, 5.74) is 1.18. The van der Waals surface area contributed by atoms with Gasteiger partial charge in [0, 0.05) is 17.1 Å². The number of methoxy groups -OCH3 is 1. The van der Waals surface area contributed by atoms with Gasteiger partial charge < -0.3 is 14.6 Å². The Morgan fingerprint density at radius 3 is 2.61 bits per heavy atom. The van der Waals surface area contributed by atoms with E-state index in [0.29, 0.717) is 43.0 Å². The van der Waals surface area contributed by atoms with Crippen LogP contribution in [0.4, 0.5) is 5.69 Å². The molecule has 3 aromatic rings. The number of carbonyl (C=O) groups is 1. The van der Waals surface area contributed by atoms with Crippen molar-refractivity contribution in [2.75, 3.05) is 18.2 Å². The summed E-state index contributed by atoms with van der Waals surface area (Å²) in [5, 5.41) is 13.1.